The van der Waals surface area contributed by atoms with Gasteiger partial charge in [0.1, 0.15) is 11.3 Å². The van der Waals surface area contributed by atoms with Gasteiger partial charge in [-0.1, -0.05) is 51.1 Å². The number of hydrogen-bond donors (Lipinski definition) is 1. The maximum Gasteiger partial charge on any atom is 0.150 e. The van der Waals surface area contributed by atoms with Crippen LogP contribution in [-0.4, -0.2) is 14.8 Å². The minimum atomic E-state index is 0.342. The van der Waals surface area contributed by atoms with Crippen LogP contribution in [0.5, 0.6) is 0 Å². The van der Waals surface area contributed by atoms with E-state index in [-0.39, 0.29) is 0 Å². The van der Waals surface area contributed by atoms with E-state index in [2.05, 4.69) is 72.9 Å². The SMILES string of the molecule is C=C1c2cc(-n3nc(C(C)CCC)c4ccnc(N)c43)ccc2C=CN1c1ccccc1. The third kappa shape index (κ3) is 3.26. The summed E-state index contributed by atoms with van der Waals surface area (Å²) in [6, 6.07) is 18.6. The number of benzene rings is 2. The fourth-order valence-corrected chi connectivity index (χ4v) is 4.51. The Morgan fingerprint density at radius 3 is 2.66 bits per heavy atom. The van der Waals surface area contributed by atoms with Gasteiger partial charge in [-0.05, 0) is 48.4 Å². The van der Waals surface area contributed by atoms with E-state index < -0.39 is 0 Å². The number of hydrogen-bond acceptors (Lipinski definition) is 4. The Morgan fingerprint density at radius 2 is 1.88 bits per heavy atom. The van der Waals surface area contributed by atoms with Crippen molar-refractivity contribution in [3.63, 3.8) is 0 Å². The third-order valence-electron chi connectivity index (χ3n) is 6.16. The van der Waals surface area contributed by atoms with Gasteiger partial charge in [0.25, 0.3) is 0 Å². The van der Waals surface area contributed by atoms with E-state index in [9.17, 15) is 0 Å². The van der Waals surface area contributed by atoms with Gasteiger partial charge in [0.15, 0.2) is 0 Å². The average molecular weight is 422 g/mol. The summed E-state index contributed by atoms with van der Waals surface area (Å²) in [5.41, 5.74) is 13.4. The topological polar surface area (TPSA) is 60.0 Å². The van der Waals surface area contributed by atoms with Crippen molar-refractivity contribution in [2.24, 2.45) is 0 Å². The summed E-state index contributed by atoms with van der Waals surface area (Å²) in [4.78, 5) is 6.46. The summed E-state index contributed by atoms with van der Waals surface area (Å²) in [5, 5.41) is 6.10. The molecule has 32 heavy (non-hydrogen) atoms. The van der Waals surface area contributed by atoms with E-state index in [4.69, 9.17) is 10.8 Å². The monoisotopic (exact) mass is 421 g/mol. The lowest BCUT2D eigenvalue weighted by atomic mass is 9.99. The highest BCUT2D eigenvalue weighted by molar-refractivity contribution is 5.93. The Morgan fingerprint density at radius 1 is 1.06 bits per heavy atom. The predicted octanol–water partition coefficient (Wildman–Crippen LogP) is 6.37. The molecule has 0 fully saturated rings. The molecule has 5 nitrogen and oxygen atoms in total. The van der Waals surface area contributed by atoms with Crippen LogP contribution in [0.2, 0.25) is 0 Å². The Hall–Kier alpha value is -3.86. The minimum Gasteiger partial charge on any atom is -0.382 e. The molecule has 0 aliphatic carbocycles. The summed E-state index contributed by atoms with van der Waals surface area (Å²) in [5.74, 6) is 0.835. The molecule has 0 saturated carbocycles. The number of pyridine rings is 1. The van der Waals surface area contributed by atoms with Crippen molar-refractivity contribution in [2.75, 3.05) is 10.6 Å². The Labute approximate surface area is 188 Å². The van der Waals surface area contributed by atoms with Crippen molar-refractivity contribution in [3.05, 3.63) is 90.4 Å². The molecule has 5 heteroatoms. The molecular formula is C27H27N5. The highest BCUT2D eigenvalue weighted by Crippen LogP contribution is 2.36. The Kier molecular flexibility index (Phi) is 5.02. The molecule has 0 spiro atoms. The first-order valence-corrected chi connectivity index (χ1v) is 11.1. The van der Waals surface area contributed by atoms with Crippen LogP contribution in [0, 0.1) is 0 Å². The number of para-hydroxylation sites is 1. The fraction of sp³-hybridized carbons (Fsp3) is 0.185. The van der Waals surface area contributed by atoms with Crippen molar-refractivity contribution < 1.29 is 0 Å². The van der Waals surface area contributed by atoms with Crippen LogP contribution in [-0.2, 0) is 0 Å². The summed E-state index contributed by atoms with van der Waals surface area (Å²) < 4.78 is 1.94. The number of nitrogen functional groups attached to an aromatic ring is 1. The molecule has 0 amide bonds. The molecule has 4 aromatic rings. The van der Waals surface area contributed by atoms with Crippen molar-refractivity contribution in [3.8, 4) is 5.69 Å². The van der Waals surface area contributed by atoms with Crippen molar-refractivity contribution in [1.82, 2.24) is 14.8 Å². The van der Waals surface area contributed by atoms with Gasteiger partial charge in [-0.3, -0.25) is 0 Å². The molecule has 1 aliphatic rings. The van der Waals surface area contributed by atoms with Crippen molar-refractivity contribution >= 4 is 34.2 Å². The Bertz CT molecular complexity index is 1330. The number of fused-ring (bicyclic) bond motifs is 2. The minimum absolute atomic E-state index is 0.342. The van der Waals surface area contributed by atoms with Crippen LogP contribution >= 0.6 is 0 Å². The fourth-order valence-electron chi connectivity index (χ4n) is 4.51. The smallest absolute Gasteiger partial charge is 0.150 e. The van der Waals surface area contributed by atoms with Crippen LogP contribution < -0.4 is 10.6 Å². The highest BCUT2D eigenvalue weighted by atomic mass is 15.3. The lowest BCUT2D eigenvalue weighted by molar-refractivity contribution is 0.641. The molecule has 1 atom stereocenters. The van der Waals surface area contributed by atoms with E-state index >= 15 is 0 Å². The van der Waals surface area contributed by atoms with Gasteiger partial charge in [-0.2, -0.15) is 5.10 Å². The lowest BCUT2D eigenvalue weighted by Crippen LogP contribution is -2.17. The van der Waals surface area contributed by atoms with E-state index in [1.54, 1.807) is 6.20 Å². The van der Waals surface area contributed by atoms with Crippen LogP contribution in [0.25, 0.3) is 28.4 Å². The molecule has 1 unspecified atom stereocenters. The molecule has 0 bridgehead atoms. The summed E-state index contributed by atoms with van der Waals surface area (Å²) >= 11 is 0. The van der Waals surface area contributed by atoms with E-state index in [1.807, 2.05) is 28.9 Å². The largest absolute Gasteiger partial charge is 0.382 e. The molecule has 2 aromatic carbocycles. The normalized spacial score (nSPS) is 14.1. The summed E-state index contributed by atoms with van der Waals surface area (Å²) in [6.45, 7) is 8.82. The van der Waals surface area contributed by atoms with Crippen LogP contribution in [0.4, 0.5) is 11.5 Å². The zero-order chi connectivity index (χ0) is 22.2. The van der Waals surface area contributed by atoms with E-state index in [1.165, 1.54) is 0 Å². The van der Waals surface area contributed by atoms with Crippen LogP contribution in [0.15, 0.2) is 73.6 Å². The molecule has 3 heterocycles. The number of aromatic nitrogens is 3. The van der Waals surface area contributed by atoms with E-state index in [0.717, 1.165) is 57.6 Å². The Balaban J connectivity index is 1.63. The average Bonchev–Trinajstić information content (AvgIpc) is 3.21. The standard InChI is InChI=1S/C27H27N5/c1-4-8-18(2)25-23-13-15-29-27(28)26(23)32(30-25)22-12-11-20-14-16-31(19(3)24(20)17-22)21-9-6-5-7-10-21/h5-7,9-18H,3-4,8H2,1-2H3,(H2,28,29). The van der Waals surface area contributed by atoms with Gasteiger partial charge in [0, 0.05) is 40.6 Å². The maximum absolute atomic E-state index is 6.34. The second kappa shape index (κ2) is 8.00. The highest BCUT2D eigenvalue weighted by Gasteiger charge is 2.21. The van der Waals surface area contributed by atoms with Crippen LogP contribution in [0.1, 0.15) is 49.4 Å². The van der Waals surface area contributed by atoms with Gasteiger partial charge in [0.05, 0.1) is 11.4 Å². The number of nitrogens with two attached hydrogens (primary N) is 1. The van der Waals surface area contributed by atoms with Gasteiger partial charge >= 0.3 is 0 Å². The summed E-state index contributed by atoms with van der Waals surface area (Å²) in [7, 11) is 0. The predicted molar refractivity (Wildman–Crippen MR) is 134 cm³/mol. The first-order chi connectivity index (χ1) is 15.6. The second-order valence-electron chi connectivity index (χ2n) is 8.32. The first kappa shape index (κ1) is 20.1. The quantitative estimate of drug-likeness (QED) is 0.407. The first-order valence-electron chi connectivity index (χ1n) is 11.1. The number of anilines is 2. The third-order valence-corrected chi connectivity index (χ3v) is 6.16. The molecule has 5 rings (SSSR count). The van der Waals surface area contributed by atoms with E-state index in [0.29, 0.717) is 11.7 Å². The zero-order valence-electron chi connectivity index (χ0n) is 18.5. The van der Waals surface area contributed by atoms with Gasteiger partial charge in [-0.25, -0.2) is 9.67 Å². The molecule has 0 saturated heterocycles. The maximum atomic E-state index is 6.34. The van der Waals surface area contributed by atoms with Crippen LogP contribution in [0.3, 0.4) is 0 Å². The zero-order valence-corrected chi connectivity index (χ0v) is 18.5. The second-order valence-corrected chi connectivity index (χ2v) is 8.32. The molecular weight excluding hydrogens is 394 g/mol. The molecule has 1 aliphatic heterocycles. The number of nitrogens with zero attached hydrogens (tertiary/aromatic N) is 4. The summed E-state index contributed by atoms with van der Waals surface area (Å²) in [6.07, 6.45) is 8.13. The van der Waals surface area contributed by atoms with Crippen molar-refractivity contribution in [1.29, 1.82) is 0 Å². The molecule has 2 N–H and O–H groups in total. The molecule has 2 aromatic heterocycles. The lowest BCUT2D eigenvalue weighted by Gasteiger charge is -2.28. The van der Waals surface area contributed by atoms with Gasteiger partial charge in [-0.15, -0.1) is 0 Å². The van der Waals surface area contributed by atoms with Gasteiger partial charge < -0.3 is 10.6 Å². The van der Waals surface area contributed by atoms with Crippen molar-refractivity contribution in [2.45, 2.75) is 32.6 Å². The molecule has 0 radical (unpaired) electrons. The number of rotatable bonds is 5. The van der Waals surface area contributed by atoms with Gasteiger partial charge in [0.2, 0.25) is 0 Å². The molecule has 160 valence electrons.